The molecule has 0 aliphatic heterocycles. The van der Waals surface area contributed by atoms with Gasteiger partial charge in [-0.3, -0.25) is 4.98 Å². The Morgan fingerprint density at radius 2 is 1.96 bits per heavy atom. The summed E-state index contributed by atoms with van der Waals surface area (Å²) in [6, 6.07) is 10.2. The van der Waals surface area contributed by atoms with E-state index < -0.39 is 0 Å². The van der Waals surface area contributed by atoms with Crippen molar-refractivity contribution < 1.29 is 0 Å². The van der Waals surface area contributed by atoms with Crippen LogP contribution in [-0.4, -0.2) is 15.0 Å². The van der Waals surface area contributed by atoms with E-state index in [1.807, 2.05) is 23.6 Å². The minimum absolute atomic E-state index is 0.343. The van der Waals surface area contributed by atoms with E-state index in [-0.39, 0.29) is 0 Å². The topological polar surface area (TPSA) is 62.5 Å². The minimum Gasteiger partial charge on any atom is -0.255 e. The van der Waals surface area contributed by atoms with Gasteiger partial charge in [-0.2, -0.15) is 5.26 Å². The molecule has 3 heterocycles. The monoisotopic (exact) mass is 390 g/mol. The molecule has 0 amide bonds. The smallest absolute Gasteiger partial charge is 0.141 e. The summed E-state index contributed by atoms with van der Waals surface area (Å²) in [5.74, 6) is 0.343. The first-order valence-corrected chi connectivity index (χ1v) is 10.9. The van der Waals surface area contributed by atoms with Crippen LogP contribution >= 0.6 is 11.3 Å². The summed E-state index contributed by atoms with van der Waals surface area (Å²) in [5.41, 5.74) is 3.97. The third-order valence-corrected chi connectivity index (χ3v) is 5.86. The van der Waals surface area contributed by atoms with Crippen LogP contribution in [0.5, 0.6) is 0 Å². The molecule has 1 unspecified atom stereocenters. The van der Waals surface area contributed by atoms with E-state index in [0.29, 0.717) is 17.2 Å². The normalized spacial score (nSPS) is 11.9. The Morgan fingerprint density at radius 1 is 1.07 bits per heavy atom. The van der Waals surface area contributed by atoms with Crippen LogP contribution in [0, 0.1) is 11.3 Å². The number of pyridine rings is 2. The first-order valence-electron chi connectivity index (χ1n) is 10.0. The van der Waals surface area contributed by atoms with Crippen molar-refractivity contribution in [2.75, 3.05) is 0 Å². The standard InChI is InChI=1S/C23H26N4S/c1-3-5-6-7-10-17(4-2)18-15-21(23-26-13-14-28-23)27-22(19(18)16-24)20-11-8-9-12-25-20/h8-9,11-15,17H,3-7,10H2,1-2H3. The number of hydrogen-bond donors (Lipinski definition) is 0. The Hall–Kier alpha value is -2.58. The van der Waals surface area contributed by atoms with Gasteiger partial charge in [-0.05, 0) is 42.5 Å². The third-order valence-electron chi connectivity index (χ3n) is 5.06. The maximum absolute atomic E-state index is 10.0. The Bertz CT molecular complexity index is 914. The van der Waals surface area contributed by atoms with E-state index >= 15 is 0 Å². The second-order valence-electron chi connectivity index (χ2n) is 6.94. The molecule has 28 heavy (non-hydrogen) atoms. The Kier molecular flexibility index (Phi) is 7.27. The number of thiazole rings is 1. The van der Waals surface area contributed by atoms with Gasteiger partial charge in [-0.1, -0.05) is 45.6 Å². The fourth-order valence-electron chi connectivity index (χ4n) is 3.55. The highest BCUT2D eigenvalue weighted by Gasteiger charge is 2.21. The highest BCUT2D eigenvalue weighted by atomic mass is 32.1. The van der Waals surface area contributed by atoms with Gasteiger partial charge in [0.1, 0.15) is 22.5 Å². The fraction of sp³-hybridized carbons (Fsp3) is 0.391. The van der Waals surface area contributed by atoms with Crippen LogP contribution < -0.4 is 0 Å². The summed E-state index contributed by atoms with van der Waals surface area (Å²) in [6.07, 6.45) is 10.6. The Balaban J connectivity index is 2.09. The van der Waals surface area contributed by atoms with Gasteiger partial charge < -0.3 is 0 Å². The van der Waals surface area contributed by atoms with Gasteiger partial charge >= 0.3 is 0 Å². The molecule has 4 nitrogen and oxygen atoms in total. The van der Waals surface area contributed by atoms with Gasteiger partial charge in [0.2, 0.25) is 0 Å². The van der Waals surface area contributed by atoms with Crippen molar-refractivity contribution in [1.29, 1.82) is 5.26 Å². The molecule has 0 saturated heterocycles. The molecule has 0 radical (unpaired) electrons. The van der Waals surface area contributed by atoms with Crippen molar-refractivity contribution in [2.45, 2.75) is 58.3 Å². The van der Waals surface area contributed by atoms with E-state index in [2.05, 4.69) is 36.0 Å². The number of nitrogens with zero attached hydrogens (tertiary/aromatic N) is 4. The fourth-order valence-corrected chi connectivity index (χ4v) is 4.15. The molecular formula is C23H26N4S. The van der Waals surface area contributed by atoms with Crippen molar-refractivity contribution in [1.82, 2.24) is 15.0 Å². The quantitative estimate of drug-likeness (QED) is 0.386. The highest BCUT2D eigenvalue weighted by Crippen LogP contribution is 2.35. The summed E-state index contributed by atoms with van der Waals surface area (Å²) < 4.78 is 0. The molecule has 0 aliphatic carbocycles. The van der Waals surface area contributed by atoms with E-state index in [1.54, 1.807) is 23.7 Å². The molecule has 0 bridgehead atoms. The summed E-state index contributed by atoms with van der Waals surface area (Å²) in [4.78, 5) is 13.7. The lowest BCUT2D eigenvalue weighted by Crippen LogP contribution is -2.06. The number of aromatic nitrogens is 3. The largest absolute Gasteiger partial charge is 0.255 e. The lowest BCUT2D eigenvalue weighted by molar-refractivity contribution is 0.542. The lowest BCUT2D eigenvalue weighted by atomic mass is 9.86. The molecule has 144 valence electrons. The van der Waals surface area contributed by atoms with Crippen LogP contribution in [0.3, 0.4) is 0 Å². The van der Waals surface area contributed by atoms with Crippen LogP contribution in [0.25, 0.3) is 22.1 Å². The van der Waals surface area contributed by atoms with Crippen molar-refractivity contribution in [3.63, 3.8) is 0 Å². The predicted molar refractivity (Wildman–Crippen MR) is 115 cm³/mol. The maximum atomic E-state index is 10.0. The molecule has 3 rings (SSSR count). The number of rotatable bonds is 9. The first kappa shape index (κ1) is 20.2. The summed E-state index contributed by atoms with van der Waals surface area (Å²) in [5, 5.41) is 12.8. The maximum Gasteiger partial charge on any atom is 0.141 e. The van der Waals surface area contributed by atoms with Crippen molar-refractivity contribution >= 4 is 11.3 Å². The van der Waals surface area contributed by atoms with Crippen LogP contribution in [0.2, 0.25) is 0 Å². The second-order valence-corrected chi connectivity index (χ2v) is 7.83. The number of unbranched alkanes of at least 4 members (excludes halogenated alkanes) is 3. The molecule has 5 heteroatoms. The predicted octanol–water partition coefficient (Wildman–Crippen LogP) is 6.60. The molecule has 0 saturated carbocycles. The van der Waals surface area contributed by atoms with E-state index in [4.69, 9.17) is 4.98 Å². The highest BCUT2D eigenvalue weighted by molar-refractivity contribution is 7.13. The van der Waals surface area contributed by atoms with Gasteiger partial charge in [0.05, 0.1) is 11.3 Å². The summed E-state index contributed by atoms with van der Waals surface area (Å²) in [6.45, 7) is 4.43. The lowest BCUT2D eigenvalue weighted by Gasteiger charge is -2.19. The SMILES string of the molecule is CCCCCCC(CC)c1cc(-c2nccs2)nc(-c2ccccn2)c1C#N. The molecule has 3 aromatic heterocycles. The van der Waals surface area contributed by atoms with Gasteiger partial charge in [-0.25, -0.2) is 9.97 Å². The minimum atomic E-state index is 0.343. The number of nitriles is 1. The molecule has 0 spiro atoms. The third kappa shape index (κ3) is 4.63. The van der Waals surface area contributed by atoms with Gasteiger partial charge in [-0.15, -0.1) is 11.3 Å². The molecule has 3 aromatic rings. The number of hydrogen-bond acceptors (Lipinski definition) is 5. The van der Waals surface area contributed by atoms with Crippen molar-refractivity contribution in [3.8, 4) is 28.2 Å². The average Bonchev–Trinajstić information content (AvgIpc) is 3.28. The summed E-state index contributed by atoms with van der Waals surface area (Å²) >= 11 is 1.57. The molecule has 1 atom stereocenters. The Labute approximate surface area is 171 Å². The second kappa shape index (κ2) is 10.1. The molecular weight excluding hydrogens is 364 g/mol. The van der Waals surface area contributed by atoms with Gasteiger partial charge in [0.15, 0.2) is 0 Å². The van der Waals surface area contributed by atoms with Crippen LogP contribution in [0.15, 0.2) is 42.0 Å². The zero-order valence-corrected chi connectivity index (χ0v) is 17.4. The van der Waals surface area contributed by atoms with E-state index in [0.717, 1.165) is 34.8 Å². The van der Waals surface area contributed by atoms with Crippen LogP contribution in [-0.2, 0) is 0 Å². The molecule has 0 aromatic carbocycles. The van der Waals surface area contributed by atoms with E-state index in [1.165, 1.54) is 25.7 Å². The first-order chi connectivity index (χ1) is 13.8. The van der Waals surface area contributed by atoms with Crippen molar-refractivity contribution in [3.05, 3.63) is 53.2 Å². The average molecular weight is 391 g/mol. The molecule has 0 N–H and O–H groups in total. The van der Waals surface area contributed by atoms with Crippen LogP contribution in [0.1, 0.15) is 69.4 Å². The zero-order valence-electron chi connectivity index (χ0n) is 16.6. The van der Waals surface area contributed by atoms with Crippen molar-refractivity contribution in [2.24, 2.45) is 0 Å². The zero-order chi connectivity index (χ0) is 19.8. The Morgan fingerprint density at radius 3 is 2.61 bits per heavy atom. The molecule has 0 fully saturated rings. The van der Waals surface area contributed by atoms with Gasteiger partial charge in [0.25, 0.3) is 0 Å². The molecule has 0 aliphatic rings. The van der Waals surface area contributed by atoms with Crippen LogP contribution in [0.4, 0.5) is 0 Å². The van der Waals surface area contributed by atoms with E-state index in [9.17, 15) is 5.26 Å². The van der Waals surface area contributed by atoms with Gasteiger partial charge in [0, 0.05) is 17.8 Å². The summed E-state index contributed by atoms with van der Waals surface area (Å²) in [7, 11) is 0.